The van der Waals surface area contributed by atoms with Crippen LogP contribution >= 0.6 is 0 Å². The van der Waals surface area contributed by atoms with Crippen LogP contribution in [0.4, 0.5) is 10.1 Å². The molecule has 0 aliphatic rings. The van der Waals surface area contributed by atoms with Gasteiger partial charge in [-0.2, -0.15) is 0 Å². The van der Waals surface area contributed by atoms with Gasteiger partial charge in [-0.05, 0) is 45.4 Å². The van der Waals surface area contributed by atoms with E-state index in [9.17, 15) is 9.50 Å². The first-order valence-corrected chi connectivity index (χ1v) is 6.24. The molecule has 2 nitrogen and oxygen atoms in total. The number of hydrogen-bond donors (Lipinski definition) is 1. The molecule has 0 saturated carbocycles. The van der Waals surface area contributed by atoms with Crippen LogP contribution in [0, 0.1) is 12.7 Å². The fourth-order valence-electron chi connectivity index (χ4n) is 1.98. The molecule has 1 N–H and O–H groups in total. The van der Waals surface area contributed by atoms with Crippen molar-refractivity contribution in [1.29, 1.82) is 0 Å². The van der Waals surface area contributed by atoms with E-state index in [0.717, 1.165) is 17.8 Å². The number of aliphatic hydroxyl groups is 1. The lowest BCUT2D eigenvalue weighted by molar-refractivity contribution is 0.199. The first-order chi connectivity index (χ1) is 8.36. The van der Waals surface area contributed by atoms with Crippen LogP contribution in [0.25, 0.3) is 0 Å². The minimum absolute atomic E-state index is 0.277. The minimum atomic E-state index is -0.686. The van der Waals surface area contributed by atoms with Gasteiger partial charge in [0, 0.05) is 24.3 Å². The lowest BCUT2D eigenvalue weighted by Crippen LogP contribution is -2.26. The molecule has 1 aromatic carbocycles. The Labute approximate surface area is 109 Å². The lowest BCUT2D eigenvalue weighted by atomic mass is 10.0. The van der Waals surface area contributed by atoms with Crippen molar-refractivity contribution in [3.63, 3.8) is 0 Å². The van der Waals surface area contributed by atoms with Gasteiger partial charge in [-0.3, -0.25) is 0 Å². The minimum Gasteiger partial charge on any atom is -0.389 e. The molecule has 0 aliphatic carbocycles. The van der Waals surface area contributed by atoms with Crippen LogP contribution in [0.2, 0.25) is 0 Å². The van der Waals surface area contributed by atoms with Crippen molar-refractivity contribution in [3.8, 4) is 0 Å². The third-order valence-corrected chi connectivity index (χ3v) is 2.94. The van der Waals surface area contributed by atoms with Gasteiger partial charge in [0.1, 0.15) is 5.82 Å². The summed E-state index contributed by atoms with van der Waals surface area (Å²) < 4.78 is 13.6. The van der Waals surface area contributed by atoms with Crippen LogP contribution in [-0.4, -0.2) is 18.2 Å². The number of nitrogens with zero attached hydrogens (tertiary/aromatic N) is 1. The van der Waals surface area contributed by atoms with Gasteiger partial charge in [0.25, 0.3) is 0 Å². The second-order valence-electron chi connectivity index (χ2n) is 4.81. The fourth-order valence-corrected chi connectivity index (χ4v) is 1.98. The maximum Gasteiger partial charge on any atom is 0.126 e. The third-order valence-electron chi connectivity index (χ3n) is 2.94. The van der Waals surface area contributed by atoms with Crippen molar-refractivity contribution < 1.29 is 9.50 Å². The number of aliphatic hydroxyl groups excluding tert-OH is 1. The SMILES string of the molecule is C=C(C)CN(CC)c1cc(C)c(F)cc1[C@@H](C)O. The molecule has 0 heterocycles. The number of rotatable bonds is 5. The van der Waals surface area contributed by atoms with Crippen molar-refractivity contribution in [2.45, 2.75) is 33.8 Å². The van der Waals surface area contributed by atoms with Gasteiger partial charge in [0.05, 0.1) is 6.10 Å². The van der Waals surface area contributed by atoms with Crippen LogP contribution in [0.5, 0.6) is 0 Å². The maximum atomic E-state index is 13.6. The zero-order chi connectivity index (χ0) is 13.9. The van der Waals surface area contributed by atoms with Gasteiger partial charge in [-0.25, -0.2) is 4.39 Å². The Bertz CT molecular complexity index is 440. The van der Waals surface area contributed by atoms with E-state index < -0.39 is 6.10 Å². The Morgan fingerprint density at radius 1 is 1.50 bits per heavy atom. The number of hydrogen-bond acceptors (Lipinski definition) is 2. The Balaban J connectivity index is 3.26. The molecule has 100 valence electrons. The van der Waals surface area contributed by atoms with Crippen LogP contribution in [-0.2, 0) is 0 Å². The highest BCUT2D eigenvalue weighted by Gasteiger charge is 2.16. The summed E-state index contributed by atoms with van der Waals surface area (Å²) >= 11 is 0. The Morgan fingerprint density at radius 3 is 2.56 bits per heavy atom. The molecule has 0 spiro atoms. The third kappa shape index (κ3) is 3.33. The van der Waals surface area contributed by atoms with Crippen molar-refractivity contribution in [2.75, 3.05) is 18.0 Å². The molecule has 1 rings (SSSR count). The predicted octanol–water partition coefficient (Wildman–Crippen LogP) is 3.59. The molecule has 18 heavy (non-hydrogen) atoms. The van der Waals surface area contributed by atoms with E-state index in [1.54, 1.807) is 19.9 Å². The van der Waals surface area contributed by atoms with Crippen molar-refractivity contribution in [1.82, 2.24) is 0 Å². The van der Waals surface area contributed by atoms with Crippen molar-refractivity contribution in [3.05, 3.63) is 41.2 Å². The predicted molar refractivity (Wildman–Crippen MR) is 74.5 cm³/mol. The first kappa shape index (κ1) is 14.7. The number of aryl methyl sites for hydroxylation is 1. The molecule has 0 aliphatic heterocycles. The second-order valence-corrected chi connectivity index (χ2v) is 4.81. The summed E-state index contributed by atoms with van der Waals surface area (Å²) in [4.78, 5) is 2.09. The topological polar surface area (TPSA) is 23.5 Å². The monoisotopic (exact) mass is 251 g/mol. The maximum absolute atomic E-state index is 13.6. The average molecular weight is 251 g/mol. The highest BCUT2D eigenvalue weighted by Crippen LogP contribution is 2.29. The fraction of sp³-hybridized carbons (Fsp3) is 0.467. The number of benzene rings is 1. The number of halogens is 1. The van der Waals surface area contributed by atoms with Crippen LogP contribution in [0.1, 0.15) is 38.0 Å². The van der Waals surface area contributed by atoms with Gasteiger partial charge in [0.2, 0.25) is 0 Å². The summed E-state index contributed by atoms with van der Waals surface area (Å²) in [5.41, 5.74) is 3.14. The molecule has 0 amide bonds. The zero-order valence-corrected chi connectivity index (χ0v) is 11.6. The van der Waals surface area contributed by atoms with Gasteiger partial charge in [-0.1, -0.05) is 12.2 Å². The molecule has 1 aromatic rings. The van der Waals surface area contributed by atoms with E-state index in [1.165, 1.54) is 6.07 Å². The van der Waals surface area contributed by atoms with Gasteiger partial charge in [0.15, 0.2) is 0 Å². The normalized spacial score (nSPS) is 12.3. The van der Waals surface area contributed by atoms with Gasteiger partial charge >= 0.3 is 0 Å². The lowest BCUT2D eigenvalue weighted by Gasteiger charge is -2.27. The molecular formula is C15H22FNO. The van der Waals surface area contributed by atoms with Crippen LogP contribution in [0.3, 0.4) is 0 Å². The zero-order valence-electron chi connectivity index (χ0n) is 11.6. The molecule has 3 heteroatoms. The first-order valence-electron chi connectivity index (χ1n) is 6.24. The van der Waals surface area contributed by atoms with Gasteiger partial charge < -0.3 is 10.0 Å². The summed E-state index contributed by atoms with van der Waals surface area (Å²) in [6.07, 6.45) is -0.686. The van der Waals surface area contributed by atoms with E-state index >= 15 is 0 Å². The van der Waals surface area contributed by atoms with E-state index in [-0.39, 0.29) is 5.82 Å². The average Bonchev–Trinajstić information content (AvgIpc) is 2.28. The quantitative estimate of drug-likeness (QED) is 0.808. The van der Waals surface area contributed by atoms with E-state index in [4.69, 9.17) is 0 Å². The smallest absolute Gasteiger partial charge is 0.126 e. The summed E-state index contributed by atoms with van der Waals surface area (Å²) in [5, 5.41) is 9.78. The number of anilines is 1. The molecule has 0 saturated heterocycles. The van der Waals surface area contributed by atoms with Gasteiger partial charge in [-0.15, -0.1) is 0 Å². The van der Waals surface area contributed by atoms with Crippen molar-refractivity contribution >= 4 is 5.69 Å². The van der Waals surface area contributed by atoms with E-state index in [2.05, 4.69) is 11.5 Å². The Hall–Kier alpha value is -1.35. The largest absolute Gasteiger partial charge is 0.389 e. The molecule has 1 atom stereocenters. The number of likely N-dealkylation sites (N-methyl/N-ethyl adjacent to an activating group) is 1. The summed E-state index contributed by atoms with van der Waals surface area (Å²) in [5.74, 6) is -0.277. The molecule has 0 aromatic heterocycles. The molecular weight excluding hydrogens is 229 g/mol. The standard InChI is InChI=1S/C15H22FNO/c1-6-17(9-10(2)3)15-7-11(4)14(16)8-13(15)12(5)18/h7-8,12,18H,2,6,9H2,1,3-5H3/t12-/m1/s1. The Morgan fingerprint density at radius 2 is 2.11 bits per heavy atom. The second kappa shape index (κ2) is 6.01. The molecule has 0 unspecified atom stereocenters. The summed E-state index contributed by atoms with van der Waals surface area (Å²) in [6, 6.07) is 3.22. The Kier molecular flexibility index (Phi) is 4.91. The highest BCUT2D eigenvalue weighted by atomic mass is 19.1. The van der Waals surface area contributed by atoms with Crippen LogP contribution < -0.4 is 4.90 Å². The molecule has 0 bridgehead atoms. The van der Waals surface area contributed by atoms with Crippen molar-refractivity contribution in [2.24, 2.45) is 0 Å². The van der Waals surface area contributed by atoms with E-state index in [0.29, 0.717) is 17.7 Å². The van der Waals surface area contributed by atoms with E-state index in [1.807, 2.05) is 13.8 Å². The molecule has 0 fully saturated rings. The van der Waals surface area contributed by atoms with Crippen LogP contribution in [0.15, 0.2) is 24.3 Å². The highest BCUT2D eigenvalue weighted by molar-refractivity contribution is 5.57. The molecule has 0 radical (unpaired) electrons. The summed E-state index contributed by atoms with van der Waals surface area (Å²) in [7, 11) is 0. The summed E-state index contributed by atoms with van der Waals surface area (Å²) in [6.45, 7) is 12.8.